The van der Waals surface area contributed by atoms with Crippen molar-refractivity contribution in [2.24, 2.45) is 0 Å². The summed E-state index contributed by atoms with van der Waals surface area (Å²) < 4.78 is 0. The number of fused-ring (bicyclic) bond motifs is 1. The van der Waals surface area contributed by atoms with Crippen LogP contribution >= 0.6 is 48.0 Å². The summed E-state index contributed by atoms with van der Waals surface area (Å²) >= 11 is 12.2. The van der Waals surface area contributed by atoms with Crippen molar-refractivity contribution in [2.75, 3.05) is 26.2 Å². The molecule has 1 unspecified atom stereocenters. The Bertz CT molecular complexity index is 837. The maximum Gasteiger partial charge on any atom is 0.245 e. The number of amides is 1. The van der Waals surface area contributed by atoms with Crippen LogP contribution in [-0.4, -0.2) is 37.0 Å². The van der Waals surface area contributed by atoms with Gasteiger partial charge >= 0.3 is 0 Å². The van der Waals surface area contributed by atoms with Gasteiger partial charge in [-0.2, -0.15) is 0 Å². The lowest BCUT2D eigenvalue weighted by Gasteiger charge is -2.43. The van der Waals surface area contributed by atoms with Gasteiger partial charge in [0.2, 0.25) is 5.91 Å². The second-order valence-corrected chi connectivity index (χ2v) is 8.09. The molecule has 1 amide bonds. The number of hydrogen-bond acceptors (Lipinski definition) is 3. The molecule has 0 bridgehead atoms. The van der Waals surface area contributed by atoms with Gasteiger partial charge in [0.15, 0.2) is 0 Å². The zero-order chi connectivity index (χ0) is 18.9. The Kier molecular flexibility index (Phi) is 8.65. The molecular weight excluding hydrogens is 452 g/mol. The van der Waals surface area contributed by atoms with E-state index in [9.17, 15) is 4.79 Å². The maximum absolute atomic E-state index is 13.5. The normalized spacial score (nSPS) is 20.9. The van der Waals surface area contributed by atoms with Crippen molar-refractivity contribution in [3.8, 4) is 0 Å². The van der Waals surface area contributed by atoms with Crippen LogP contribution in [0.1, 0.15) is 23.1 Å². The highest BCUT2D eigenvalue weighted by molar-refractivity contribution is 6.34. The summed E-state index contributed by atoms with van der Waals surface area (Å²) in [6, 6.07) is 13.7. The zero-order valence-electron chi connectivity index (χ0n) is 15.9. The molecular formula is C21H25Cl4N3O. The first-order chi connectivity index (χ1) is 13.1. The van der Waals surface area contributed by atoms with Gasteiger partial charge in [0.05, 0.1) is 0 Å². The molecule has 1 aliphatic heterocycles. The fourth-order valence-electron chi connectivity index (χ4n) is 4.39. The highest BCUT2D eigenvalue weighted by atomic mass is 35.5. The third kappa shape index (κ3) is 4.84. The van der Waals surface area contributed by atoms with Gasteiger partial charge in [0.25, 0.3) is 0 Å². The molecule has 0 saturated carbocycles. The van der Waals surface area contributed by atoms with Gasteiger partial charge in [-0.3, -0.25) is 9.69 Å². The molecule has 2 aliphatic rings. The van der Waals surface area contributed by atoms with Crippen molar-refractivity contribution in [1.82, 2.24) is 15.5 Å². The Morgan fingerprint density at radius 1 is 1.07 bits per heavy atom. The first-order valence-corrected chi connectivity index (χ1v) is 10.1. The maximum atomic E-state index is 13.5. The Hall–Kier alpha value is -1.01. The number of carbonyl (C=O) groups excluding carboxylic acids is 1. The molecule has 1 fully saturated rings. The standard InChI is InChI=1S/C21H23Cl2N3O.2ClH/c22-17-11-15(12-18(23)13-17)14-25-20(27)21(26-9-7-24-8-10-26)6-5-16-3-1-2-4-19(16)21;;/h1-4,11-13,24H,5-10,14H2,(H,25,27);2*1H. The summed E-state index contributed by atoms with van der Waals surface area (Å²) in [5.74, 6) is 0.0606. The molecule has 0 spiro atoms. The van der Waals surface area contributed by atoms with E-state index >= 15 is 0 Å². The van der Waals surface area contributed by atoms with Crippen LogP contribution in [0.2, 0.25) is 10.0 Å². The van der Waals surface area contributed by atoms with Gasteiger partial charge in [0, 0.05) is 42.8 Å². The van der Waals surface area contributed by atoms with E-state index in [0.29, 0.717) is 16.6 Å². The van der Waals surface area contributed by atoms with Crippen LogP contribution < -0.4 is 10.6 Å². The molecule has 2 aromatic carbocycles. The van der Waals surface area contributed by atoms with E-state index in [2.05, 4.69) is 33.7 Å². The van der Waals surface area contributed by atoms with Crippen molar-refractivity contribution in [1.29, 1.82) is 0 Å². The predicted molar refractivity (Wildman–Crippen MR) is 124 cm³/mol. The third-order valence-electron chi connectivity index (χ3n) is 5.63. The molecule has 8 heteroatoms. The first kappa shape index (κ1) is 24.3. The molecule has 4 rings (SSSR count). The van der Waals surface area contributed by atoms with Gasteiger partial charge in [-0.05, 0) is 47.7 Å². The molecule has 2 aromatic rings. The van der Waals surface area contributed by atoms with Crippen molar-refractivity contribution in [3.63, 3.8) is 0 Å². The van der Waals surface area contributed by atoms with Crippen LogP contribution in [0, 0.1) is 0 Å². The van der Waals surface area contributed by atoms with Gasteiger partial charge in [0.1, 0.15) is 5.54 Å². The summed E-state index contributed by atoms with van der Waals surface area (Å²) in [5.41, 5.74) is 2.73. The SMILES string of the molecule is Cl.Cl.O=C(NCc1cc(Cl)cc(Cl)c1)C1(N2CCNCC2)CCc2ccccc21. The van der Waals surface area contributed by atoms with E-state index in [0.717, 1.165) is 50.1 Å². The van der Waals surface area contributed by atoms with Crippen molar-refractivity contribution < 1.29 is 4.79 Å². The van der Waals surface area contributed by atoms with Crippen LogP contribution in [0.25, 0.3) is 0 Å². The van der Waals surface area contributed by atoms with Crippen LogP contribution in [-0.2, 0) is 23.3 Å². The number of nitrogens with zero attached hydrogens (tertiary/aromatic N) is 1. The Balaban J connectivity index is 0.00000150. The van der Waals surface area contributed by atoms with E-state index in [4.69, 9.17) is 23.2 Å². The average Bonchev–Trinajstić information content (AvgIpc) is 3.07. The minimum absolute atomic E-state index is 0. The highest BCUT2D eigenvalue weighted by Crippen LogP contribution is 2.42. The van der Waals surface area contributed by atoms with Crippen LogP contribution in [0.5, 0.6) is 0 Å². The van der Waals surface area contributed by atoms with E-state index in [1.54, 1.807) is 6.07 Å². The molecule has 0 radical (unpaired) electrons. The van der Waals surface area contributed by atoms with E-state index in [1.165, 1.54) is 5.56 Å². The molecule has 158 valence electrons. The number of halogens is 4. The van der Waals surface area contributed by atoms with E-state index in [1.807, 2.05) is 18.2 Å². The molecule has 1 aliphatic carbocycles. The second kappa shape index (κ2) is 10.3. The summed E-state index contributed by atoms with van der Waals surface area (Å²) in [6.45, 7) is 3.95. The number of rotatable bonds is 4. The molecule has 1 heterocycles. The second-order valence-electron chi connectivity index (χ2n) is 7.21. The number of piperazine rings is 1. The summed E-state index contributed by atoms with van der Waals surface area (Å²) in [6.07, 6.45) is 1.74. The zero-order valence-corrected chi connectivity index (χ0v) is 19.1. The summed E-state index contributed by atoms with van der Waals surface area (Å²) in [4.78, 5) is 15.9. The minimum atomic E-state index is -0.596. The number of nitrogens with one attached hydrogen (secondary N) is 2. The number of benzene rings is 2. The Morgan fingerprint density at radius 3 is 2.41 bits per heavy atom. The molecule has 2 N–H and O–H groups in total. The quantitative estimate of drug-likeness (QED) is 0.694. The largest absolute Gasteiger partial charge is 0.350 e. The Morgan fingerprint density at radius 2 is 1.72 bits per heavy atom. The summed E-state index contributed by atoms with van der Waals surface area (Å²) in [7, 11) is 0. The van der Waals surface area contributed by atoms with Crippen LogP contribution in [0.3, 0.4) is 0 Å². The molecule has 0 aromatic heterocycles. The van der Waals surface area contributed by atoms with Gasteiger partial charge in [-0.15, -0.1) is 24.8 Å². The van der Waals surface area contributed by atoms with Crippen LogP contribution in [0.15, 0.2) is 42.5 Å². The highest BCUT2D eigenvalue weighted by Gasteiger charge is 2.49. The smallest absolute Gasteiger partial charge is 0.245 e. The van der Waals surface area contributed by atoms with Gasteiger partial charge < -0.3 is 10.6 Å². The van der Waals surface area contributed by atoms with Gasteiger partial charge in [-0.1, -0.05) is 47.5 Å². The van der Waals surface area contributed by atoms with E-state index in [-0.39, 0.29) is 30.7 Å². The lowest BCUT2D eigenvalue weighted by molar-refractivity contribution is -0.135. The van der Waals surface area contributed by atoms with Crippen molar-refractivity contribution in [3.05, 3.63) is 69.2 Å². The first-order valence-electron chi connectivity index (χ1n) is 9.37. The summed E-state index contributed by atoms with van der Waals surface area (Å²) in [5, 5.41) is 7.70. The van der Waals surface area contributed by atoms with Crippen molar-refractivity contribution >= 4 is 53.9 Å². The number of aryl methyl sites for hydroxylation is 1. The predicted octanol–water partition coefficient (Wildman–Crippen LogP) is 4.20. The number of carbonyl (C=O) groups is 1. The third-order valence-corrected chi connectivity index (χ3v) is 6.06. The number of hydrogen-bond donors (Lipinski definition) is 2. The van der Waals surface area contributed by atoms with E-state index < -0.39 is 5.54 Å². The van der Waals surface area contributed by atoms with Crippen molar-refractivity contribution in [2.45, 2.75) is 24.9 Å². The average molecular weight is 477 g/mol. The Labute approximate surface area is 194 Å². The molecule has 29 heavy (non-hydrogen) atoms. The fourth-order valence-corrected chi connectivity index (χ4v) is 4.96. The molecule has 1 atom stereocenters. The monoisotopic (exact) mass is 475 g/mol. The van der Waals surface area contributed by atoms with Crippen LogP contribution in [0.4, 0.5) is 0 Å². The fraction of sp³-hybridized carbons (Fsp3) is 0.381. The minimum Gasteiger partial charge on any atom is -0.350 e. The lowest BCUT2D eigenvalue weighted by Crippen LogP contribution is -2.60. The lowest BCUT2D eigenvalue weighted by atomic mass is 9.87. The topological polar surface area (TPSA) is 44.4 Å². The molecule has 1 saturated heterocycles. The molecule has 4 nitrogen and oxygen atoms in total. The van der Waals surface area contributed by atoms with Gasteiger partial charge in [-0.25, -0.2) is 0 Å².